The first-order valence-electron chi connectivity index (χ1n) is 5.94. The van der Waals surface area contributed by atoms with Gasteiger partial charge in [0.2, 0.25) is 0 Å². The van der Waals surface area contributed by atoms with E-state index in [4.69, 9.17) is 0 Å². The molecule has 0 saturated heterocycles. The molecule has 0 aliphatic rings. The molecular weight excluding hydrogens is 208 g/mol. The van der Waals surface area contributed by atoms with Crippen LogP contribution in [0.4, 0.5) is 0 Å². The summed E-state index contributed by atoms with van der Waals surface area (Å²) in [5.74, 6) is 0.126. The smallest absolute Gasteiger partial charge is 0.159 e. The molecule has 0 heterocycles. The van der Waals surface area contributed by atoms with Gasteiger partial charge in [-0.3, -0.25) is 4.79 Å². The average Bonchev–Trinajstić information content (AvgIpc) is 2.26. The second kappa shape index (κ2) is 3.99. The van der Waals surface area contributed by atoms with Crippen LogP contribution in [0.2, 0.25) is 0 Å². The quantitative estimate of drug-likeness (QED) is 0.661. The standard InChI is InChI=1S/C16H18O/c1-11(17)13-9-12-7-5-6-8-14(12)15(10-13)16(2,3)4/h5-10H,1-4H3. The van der Waals surface area contributed by atoms with Crippen LogP contribution in [0.15, 0.2) is 36.4 Å². The molecular formula is C16H18O. The van der Waals surface area contributed by atoms with Gasteiger partial charge in [-0.25, -0.2) is 0 Å². The van der Waals surface area contributed by atoms with E-state index in [1.165, 1.54) is 10.9 Å². The van der Waals surface area contributed by atoms with Crippen molar-refractivity contribution in [2.75, 3.05) is 0 Å². The van der Waals surface area contributed by atoms with Crippen LogP contribution in [0, 0.1) is 0 Å². The lowest BCUT2D eigenvalue weighted by Gasteiger charge is -2.22. The Morgan fingerprint density at radius 3 is 2.29 bits per heavy atom. The number of hydrogen-bond donors (Lipinski definition) is 0. The van der Waals surface area contributed by atoms with E-state index in [-0.39, 0.29) is 11.2 Å². The maximum Gasteiger partial charge on any atom is 0.159 e. The summed E-state index contributed by atoms with van der Waals surface area (Å²) in [5, 5.41) is 2.38. The Balaban J connectivity index is 2.83. The van der Waals surface area contributed by atoms with Crippen LogP contribution >= 0.6 is 0 Å². The van der Waals surface area contributed by atoms with Gasteiger partial charge in [-0.2, -0.15) is 0 Å². The Hall–Kier alpha value is -1.63. The summed E-state index contributed by atoms with van der Waals surface area (Å²) in [6.07, 6.45) is 0. The van der Waals surface area contributed by atoms with Crippen molar-refractivity contribution in [2.45, 2.75) is 33.1 Å². The molecule has 0 aliphatic heterocycles. The van der Waals surface area contributed by atoms with Gasteiger partial charge in [0.1, 0.15) is 0 Å². The van der Waals surface area contributed by atoms with Crippen LogP contribution in [-0.2, 0) is 5.41 Å². The van der Waals surface area contributed by atoms with Crippen molar-refractivity contribution in [3.8, 4) is 0 Å². The predicted octanol–water partition coefficient (Wildman–Crippen LogP) is 4.34. The highest BCUT2D eigenvalue weighted by atomic mass is 16.1. The van der Waals surface area contributed by atoms with Gasteiger partial charge in [-0.1, -0.05) is 45.0 Å². The van der Waals surface area contributed by atoms with Crippen molar-refractivity contribution in [3.05, 3.63) is 47.5 Å². The second-order valence-corrected chi connectivity index (χ2v) is 5.55. The van der Waals surface area contributed by atoms with Crippen molar-refractivity contribution in [3.63, 3.8) is 0 Å². The molecule has 0 fully saturated rings. The third-order valence-electron chi connectivity index (χ3n) is 3.08. The van der Waals surface area contributed by atoms with Crippen LogP contribution in [0.25, 0.3) is 10.8 Å². The maximum absolute atomic E-state index is 11.6. The van der Waals surface area contributed by atoms with Crippen molar-refractivity contribution < 1.29 is 4.79 Å². The molecule has 88 valence electrons. The first kappa shape index (κ1) is 11.8. The van der Waals surface area contributed by atoms with Crippen LogP contribution < -0.4 is 0 Å². The number of Topliss-reactive ketones (excluding diaryl/α,β-unsaturated/α-hetero) is 1. The zero-order valence-electron chi connectivity index (χ0n) is 10.9. The van der Waals surface area contributed by atoms with Crippen molar-refractivity contribution in [2.24, 2.45) is 0 Å². The van der Waals surface area contributed by atoms with E-state index in [1.54, 1.807) is 6.92 Å². The summed E-state index contributed by atoms with van der Waals surface area (Å²) < 4.78 is 0. The first-order valence-corrected chi connectivity index (χ1v) is 5.94. The summed E-state index contributed by atoms with van der Waals surface area (Å²) in [4.78, 5) is 11.6. The van der Waals surface area contributed by atoms with Gasteiger partial charge in [0.15, 0.2) is 5.78 Å². The fourth-order valence-corrected chi connectivity index (χ4v) is 2.13. The van der Waals surface area contributed by atoms with Crippen molar-refractivity contribution in [1.29, 1.82) is 0 Å². The minimum atomic E-state index is 0.0467. The lowest BCUT2D eigenvalue weighted by molar-refractivity contribution is 0.101. The van der Waals surface area contributed by atoms with E-state index in [2.05, 4.69) is 32.9 Å². The zero-order chi connectivity index (χ0) is 12.6. The fourth-order valence-electron chi connectivity index (χ4n) is 2.13. The molecule has 17 heavy (non-hydrogen) atoms. The molecule has 2 aromatic carbocycles. The largest absolute Gasteiger partial charge is 0.295 e. The van der Waals surface area contributed by atoms with Gasteiger partial charge in [0.05, 0.1) is 0 Å². The number of hydrogen-bond acceptors (Lipinski definition) is 1. The van der Waals surface area contributed by atoms with E-state index in [9.17, 15) is 4.79 Å². The monoisotopic (exact) mass is 226 g/mol. The molecule has 0 bridgehead atoms. The lowest BCUT2D eigenvalue weighted by atomic mass is 9.82. The lowest BCUT2D eigenvalue weighted by Crippen LogP contribution is -2.13. The minimum Gasteiger partial charge on any atom is -0.295 e. The Labute approximate surface area is 102 Å². The molecule has 0 unspecified atom stereocenters. The summed E-state index contributed by atoms with van der Waals surface area (Å²) in [5.41, 5.74) is 2.08. The molecule has 2 rings (SSSR count). The molecule has 2 aromatic rings. The third-order valence-corrected chi connectivity index (χ3v) is 3.08. The number of benzene rings is 2. The summed E-state index contributed by atoms with van der Waals surface area (Å²) in [6, 6.07) is 12.3. The molecule has 0 N–H and O–H groups in total. The van der Waals surface area contributed by atoms with E-state index in [0.29, 0.717) is 0 Å². The van der Waals surface area contributed by atoms with Crippen LogP contribution in [0.3, 0.4) is 0 Å². The number of rotatable bonds is 1. The van der Waals surface area contributed by atoms with E-state index in [1.807, 2.05) is 24.3 Å². The summed E-state index contributed by atoms with van der Waals surface area (Å²) >= 11 is 0. The van der Waals surface area contributed by atoms with Gasteiger partial charge in [0.25, 0.3) is 0 Å². The topological polar surface area (TPSA) is 17.1 Å². The Morgan fingerprint density at radius 2 is 1.71 bits per heavy atom. The highest BCUT2D eigenvalue weighted by molar-refractivity contribution is 6.00. The Kier molecular flexibility index (Phi) is 2.78. The highest BCUT2D eigenvalue weighted by Crippen LogP contribution is 2.31. The molecule has 0 spiro atoms. The van der Waals surface area contributed by atoms with Gasteiger partial charge >= 0.3 is 0 Å². The fraction of sp³-hybridized carbons (Fsp3) is 0.312. The molecule has 0 radical (unpaired) electrons. The summed E-state index contributed by atoms with van der Waals surface area (Å²) in [7, 11) is 0. The van der Waals surface area contributed by atoms with Crippen molar-refractivity contribution in [1.82, 2.24) is 0 Å². The molecule has 0 amide bonds. The van der Waals surface area contributed by atoms with Crippen LogP contribution in [0.1, 0.15) is 43.6 Å². The molecule has 0 atom stereocenters. The molecule has 1 heteroatoms. The first-order chi connectivity index (χ1) is 7.89. The Bertz CT molecular complexity index is 574. The van der Waals surface area contributed by atoms with E-state index >= 15 is 0 Å². The van der Waals surface area contributed by atoms with Gasteiger partial charge in [-0.15, -0.1) is 0 Å². The van der Waals surface area contributed by atoms with E-state index < -0.39 is 0 Å². The van der Waals surface area contributed by atoms with Crippen LogP contribution in [0.5, 0.6) is 0 Å². The molecule has 0 aliphatic carbocycles. The average molecular weight is 226 g/mol. The van der Waals surface area contributed by atoms with Gasteiger partial charge in [-0.05, 0) is 40.8 Å². The second-order valence-electron chi connectivity index (χ2n) is 5.55. The minimum absolute atomic E-state index is 0.0467. The number of ketones is 1. The number of fused-ring (bicyclic) bond motifs is 1. The highest BCUT2D eigenvalue weighted by Gasteiger charge is 2.18. The Morgan fingerprint density at radius 1 is 1.06 bits per heavy atom. The third kappa shape index (κ3) is 2.23. The normalized spacial score (nSPS) is 11.8. The van der Waals surface area contributed by atoms with Crippen LogP contribution in [-0.4, -0.2) is 5.78 Å². The molecule has 1 nitrogen and oxygen atoms in total. The van der Waals surface area contributed by atoms with Gasteiger partial charge < -0.3 is 0 Å². The zero-order valence-corrected chi connectivity index (χ0v) is 10.9. The maximum atomic E-state index is 11.6. The number of carbonyl (C=O) groups is 1. The molecule has 0 saturated carbocycles. The SMILES string of the molecule is CC(=O)c1cc(C(C)(C)C)c2ccccc2c1. The predicted molar refractivity (Wildman–Crippen MR) is 72.7 cm³/mol. The summed E-state index contributed by atoms with van der Waals surface area (Å²) in [6.45, 7) is 8.16. The number of carbonyl (C=O) groups excluding carboxylic acids is 1. The van der Waals surface area contributed by atoms with Gasteiger partial charge in [0, 0.05) is 5.56 Å². The van der Waals surface area contributed by atoms with E-state index in [0.717, 1.165) is 10.9 Å². The van der Waals surface area contributed by atoms with Crippen molar-refractivity contribution >= 4 is 16.6 Å². The molecule has 0 aromatic heterocycles.